The third kappa shape index (κ3) is 2.88. The zero-order chi connectivity index (χ0) is 17.6. The molecule has 0 radical (unpaired) electrons. The molecule has 4 rings (SSSR count). The van der Waals surface area contributed by atoms with Gasteiger partial charge in [-0.3, -0.25) is 9.89 Å². The van der Waals surface area contributed by atoms with E-state index in [4.69, 9.17) is 0 Å². The van der Waals surface area contributed by atoms with Crippen molar-refractivity contribution in [3.63, 3.8) is 0 Å². The SMILES string of the molecule is Cc1cc(C)n2nc(C(=O)N3CCC[C@@H](c4cc(C)[nH]n4)C3)nc2n1. The van der Waals surface area contributed by atoms with Crippen molar-refractivity contribution in [2.75, 3.05) is 13.1 Å². The number of piperidine rings is 1. The molecule has 0 unspecified atom stereocenters. The monoisotopic (exact) mass is 339 g/mol. The zero-order valence-electron chi connectivity index (χ0n) is 14.7. The molecule has 1 N–H and O–H groups in total. The summed E-state index contributed by atoms with van der Waals surface area (Å²) < 4.78 is 1.62. The van der Waals surface area contributed by atoms with Gasteiger partial charge in [-0.05, 0) is 45.7 Å². The Kier molecular flexibility index (Phi) is 3.74. The fourth-order valence-corrected chi connectivity index (χ4v) is 3.45. The predicted octanol–water partition coefficient (Wildman–Crippen LogP) is 1.79. The molecule has 1 atom stereocenters. The molecule has 1 amide bonds. The molecule has 25 heavy (non-hydrogen) atoms. The lowest BCUT2D eigenvalue weighted by molar-refractivity contribution is 0.0693. The Hall–Kier alpha value is -2.77. The van der Waals surface area contributed by atoms with E-state index < -0.39 is 0 Å². The average Bonchev–Trinajstić information content (AvgIpc) is 3.21. The Morgan fingerprint density at radius 3 is 2.84 bits per heavy atom. The number of nitrogens with zero attached hydrogens (tertiary/aromatic N) is 6. The molecule has 130 valence electrons. The molecule has 3 aromatic rings. The molecule has 8 heteroatoms. The van der Waals surface area contributed by atoms with Crippen LogP contribution in [0.25, 0.3) is 5.78 Å². The van der Waals surface area contributed by atoms with Gasteiger partial charge in [-0.15, -0.1) is 5.10 Å². The first kappa shape index (κ1) is 15.7. The lowest BCUT2D eigenvalue weighted by atomic mass is 9.94. The second kappa shape index (κ2) is 5.94. The third-order valence-corrected chi connectivity index (χ3v) is 4.66. The Balaban J connectivity index is 1.59. The van der Waals surface area contributed by atoms with Crippen LogP contribution in [0.4, 0.5) is 0 Å². The number of hydrogen-bond acceptors (Lipinski definition) is 5. The molecule has 4 heterocycles. The molecule has 0 saturated carbocycles. The first-order chi connectivity index (χ1) is 12.0. The Labute approximate surface area is 145 Å². The van der Waals surface area contributed by atoms with Crippen LogP contribution < -0.4 is 0 Å². The van der Waals surface area contributed by atoms with Gasteiger partial charge in [-0.2, -0.15) is 10.1 Å². The van der Waals surface area contributed by atoms with E-state index in [2.05, 4.69) is 31.3 Å². The van der Waals surface area contributed by atoms with E-state index in [1.54, 1.807) is 4.52 Å². The van der Waals surface area contributed by atoms with Crippen LogP contribution in [-0.2, 0) is 0 Å². The van der Waals surface area contributed by atoms with E-state index in [1.807, 2.05) is 31.7 Å². The van der Waals surface area contributed by atoms with Crippen LogP contribution in [0.3, 0.4) is 0 Å². The van der Waals surface area contributed by atoms with E-state index in [0.717, 1.165) is 42.2 Å². The summed E-state index contributed by atoms with van der Waals surface area (Å²) in [4.78, 5) is 23.4. The summed E-state index contributed by atoms with van der Waals surface area (Å²) in [5, 5.41) is 11.7. The van der Waals surface area contributed by atoms with Gasteiger partial charge < -0.3 is 4.90 Å². The molecular weight excluding hydrogens is 318 g/mol. The molecule has 0 spiro atoms. The standard InChI is InChI=1S/C17H21N7O/c1-10-7-12(3)24-17(18-10)19-15(22-24)16(25)23-6-4-5-13(9-23)14-8-11(2)20-21-14/h7-8,13H,4-6,9H2,1-3H3,(H,20,21)/t13-/m1/s1. The highest BCUT2D eigenvalue weighted by atomic mass is 16.2. The van der Waals surface area contributed by atoms with Gasteiger partial charge in [0.25, 0.3) is 11.7 Å². The summed E-state index contributed by atoms with van der Waals surface area (Å²) in [5.74, 6) is 0.790. The Bertz CT molecular complexity index is 942. The minimum Gasteiger partial charge on any atom is -0.335 e. The van der Waals surface area contributed by atoms with Crippen molar-refractivity contribution in [1.82, 2.24) is 34.7 Å². The molecule has 1 fully saturated rings. The molecule has 1 aliphatic rings. The number of H-pyrrole nitrogens is 1. The lowest BCUT2D eigenvalue weighted by Gasteiger charge is -2.31. The summed E-state index contributed by atoms with van der Waals surface area (Å²) in [6.07, 6.45) is 1.98. The molecule has 1 saturated heterocycles. The molecular formula is C17H21N7O. The van der Waals surface area contributed by atoms with Gasteiger partial charge in [0.05, 0.1) is 5.69 Å². The average molecular weight is 339 g/mol. The Morgan fingerprint density at radius 1 is 1.24 bits per heavy atom. The van der Waals surface area contributed by atoms with Crippen LogP contribution >= 0.6 is 0 Å². The highest BCUT2D eigenvalue weighted by Crippen LogP contribution is 2.26. The highest BCUT2D eigenvalue weighted by Gasteiger charge is 2.29. The number of aromatic nitrogens is 6. The number of amides is 1. The van der Waals surface area contributed by atoms with Crippen LogP contribution in [0.15, 0.2) is 12.1 Å². The Morgan fingerprint density at radius 2 is 2.08 bits per heavy atom. The minimum absolute atomic E-state index is 0.139. The van der Waals surface area contributed by atoms with Crippen molar-refractivity contribution in [3.8, 4) is 0 Å². The number of aryl methyl sites for hydroxylation is 3. The van der Waals surface area contributed by atoms with E-state index in [1.165, 1.54) is 0 Å². The summed E-state index contributed by atoms with van der Waals surface area (Å²) in [6.45, 7) is 7.19. The van der Waals surface area contributed by atoms with Gasteiger partial charge >= 0.3 is 0 Å². The number of fused-ring (bicyclic) bond motifs is 1. The second-order valence-corrected chi connectivity index (χ2v) is 6.75. The number of aromatic amines is 1. The van der Waals surface area contributed by atoms with Gasteiger partial charge in [0.2, 0.25) is 5.82 Å². The quantitative estimate of drug-likeness (QED) is 0.768. The van der Waals surface area contributed by atoms with Crippen molar-refractivity contribution in [2.45, 2.75) is 39.5 Å². The van der Waals surface area contributed by atoms with Crippen molar-refractivity contribution in [2.24, 2.45) is 0 Å². The smallest absolute Gasteiger partial charge is 0.293 e. The van der Waals surface area contributed by atoms with Gasteiger partial charge in [-0.1, -0.05) is 0 Å². The van der Waals surface area contributed by atoms with Crippen molar-refractivity contribution in [3.05, 3.63) is 40.7 Å². The number of nitrogens with one attached hydrogen (secondary N) is 1. The number of carbonyl (C=O) groups excluding carboxylic acids is 1. The number of carbonyl (C=O) groups is 1. The number of likely N-dealkylation sites (tertiary alicyclic amines) is 1. The van der Waals surface area contributed by atoms with E-state index in [0.29, 0.717) is 12.3 Å². The highest BCUT2D eigenvalue weighted by molar-refractivity contribution is 5.91. The van der Waals surface area contributed by atoms with E-state index in [9.17, 15) is 4.79 Å². The fourth-order valence-electron chi connectivity index (χ4n) is 3.45. The van der Waals surface area contributed by atoms with Crippen molar-refractivity contribution in [1.29, 1.82) is 0 Å². The lowest BCUT2D eigenvalue weighted by Crippen LogP contribution is -2.39. The van der Waals surface area contributed by atoms with Gasteiger partial charge in [0.1, 0.15) is 0 Å². The summed E-state index contributed by atoms with van der Waals surface area (Å²) in [6, 6.07) is 3.98. The van der Waals surface area contributed by atoms with Crippen molar-refractivity contribution < 1.29 is 4.79 Å². The molecule has 8 nitrogen and oxygen atoms in total. The maximum Gasteiger partial charge on any atom is 0.293 e. The predicted molar refractivity (Wildman–Crippen MR) is 91.5 cm³/mol. The normalized spacial score (nSPS) is 18.0. The first-order valence-corrected chi connectivity index (χ1v) is 8.53. The van der Waals surface area contributed by atoms with E-state index >= 15 is 0 Å². The second-order valence-electron chi connectivity index (χ2n) is 6.75. The molecule has 0 bridgehead atoms. The molecule has 0 aliphatic carbocycles. The minimum atomic E-state index is -0.139. The molecule has 1 aliphatic heterocycles. The van der Waals surface area contributed by atoms with Crippen LogP contribution in [0, 0.1) is 20.8 Å². The van der Waals surface area contributed by atoms with Gasteiger partial charge in [0.15, 0.2) is 0 Å². The zero-order valence-corrected chi connectivity index (χ0v) is 14.7. The summed E-state index contributed by atoms with van der Waals surface area (Å²) in [7, 11) is 0. The number of rotatable bonds is 2. The third-order valence-electron chi connectivity index (χ3n) is 4.66. The van der Waals surface area contributed by atoms with Gasteiger partial charge in [0, 0.05) is 36.1 Å². The van der Waals surface area contributed by atoms with Crippen LogP contribution in [0.2, 0.25) is 0 Å². The van der Waals surface area contributed by atoms with Crippen LogP contribution in [-0.4, -0.2) is 53.7 Å². The first-order valence-electron chi connectivity index (χ1n) is 8.53. The largest absolute Gasteiger partial charge is 0.335 e. The molecule has 0 aromatic carbocycles. The van der Waals surface area contributed by atoms with Crippen LogP contribution in [0.1, 0.15) is 52.2 Å². The van der Waals surface area contributed by atoms with Gasteiger partial charge in [-0.25, -0.2) is 9.50 Å². The maximum atomic E-state index is 12.9. The topological polar surface area (TPSA) is 92.1 Å². The van der Waals surface area contributed by atoms with Crippen LogP contribution in [0.5, 0.6) is 0 Å². The summed E-state index contributed by atoms with van der Waals surface area (Å²) in [5.41, 5.74) is 3.84. The fraction of sp³-hybridized carbons (Fsp3) is 0.471. The maximum absolute atomic E-state index is 12.9. The molecule has 3 aromatic heterocycles. The number of hydrogen-bond donors (Lipinski definition) is 1. The van der Waals surface area contributed by atoms with Crippen molar-refractivity contribution >= 4 is 11.7 Å². The van der Waals surface area contributed by atoms with E-state index in [-0.39, 0.29) is 17.6 Å². The summed E-state index contributed by atoms with van der Waals surface area (Å²) >= 11 is 0.